The van der Waals surface area contributed by atoms with Crippen LogP contribution in [0.3, 0.4) is 0 Å². The Morgan fingerprint density at radius 3 is 2.65 bits per heavy atom. The number of halogens is 1. The number of hydrogen-bond acceptors (Lipinski definition) is 3. The van der Waals surface area contributed by atoms with Crippen LogP contribution in [0.4, 0.5) is 0 Å². The van der Waals surface area contributed by atoms with E-state index in [0.29, 0.717) is 5.41 Å². The highest BCUT2D eigenvalue weighted by molar-refractivity contribution is 7.16. The SMILES string of the molecule is CC(C)(C)CCOCCNCc1ccc(Cl)s1. The van der Waals surface area contributed by atoms with E-state index >= 15 is 0 Å². The fraction of sp³-hybridized carbons (Fsp3) is 0.692. The molecular weight excluding hydrogens is 254 g/mol. The van der Waals surface area contributed by atoms with Crippen molar-refractivity contribution in [2.24, 2.45) is 5.41 Å². The molecule has 0 radical (unpaired) electrons. The highest BCUT2D eigenvalue weighted by Gasteiger charge is 2.08. The van der Waals surface area contributed by atoms with E-state index in [0.717, 1.165) is 37.1 Å². The minimum absolute atomic E-state index is 0.362. The van der Waals surface area contributed by atoms with Gasteiger partial charge in [-0.3, -0.25) is 0 Å². The van der Waals surface area contributed by atoms with Crippen molar-refractivity contribution in [3.63, 3.8) is 0 Å². The molecule has 0 unspecified atom stereocenters. The zero-order valence-corrected chi connectivity index (χ0v) is 12.5. The third-order valence-electron chi connectivity index (χ3n) is 2.35. The molecule has 0 fully saturated rings. The number of rotatable bonds is 7. The first-order valence-corrected chi connectivity index (χ1v) is 7.19. The highest BCUT2D eigenvalue weighted by atomic mass is 35.5. The van der Waals surface area contributed by atoms with Gasteiger partial charge in [0, 0.05) is 24.6 Å². The minimum Gasteiger partial charge on any atom is -0.380 e. The molecule has 1 aromatic rings. The molecule has 0 atom stereocenters. The molecule has 0 aromatic carbocycles. The molecule has 1 rings (SSSR count). The van der Waals surface area contributed by atoms with Crippen molar-refractivity contribution >= 4 is 22.9 Å². The third-order valence-corrected chi connectivity index (χ3v) is 3.58. The van der Waals surface area contributed by atoms with Crippen LogP contribution >= 0.6 is 22.9 Å². The molecule has 1 heterocycles. The van der Waals surface area contributed by atoms with Crippen molar-refractivity contribution in [2.45, 2.75) is 33.7 Å². The lowest BCUT2D eigenvalue weighted by Crippen LogP contribution is -2.20. The Labute approximate surface area is 113 Å². The summed E-state index contributed by atoms with van der Waals surface area (Å²) in [6, 6.07) is 3.99. The quantitative estimate of drug-likeness (QED) is 0.761. The Kier molecular flexibility index (Phi) is 6.49. The standard InChI is InChI=1S/C13H22ClNOS/c1-13(2,3)6-8-16-9-7-15-10-11-4-5-12(14)17-11/h4-5,15H,6-10H2,1-3H3. The molecule has 0 saturated carbocycles. The van der Waals surface area contributed by atoms with Gasteiger partial charge in [0.05, 0.1) is 10.9 Å². The fourth-order valence-corrected chi connectivity index (χ4v) is 2.34. The molecule has 1 N–H and O–H groups in total. The van der Waals surface area contributed by atoms with Crippen molar-refractivity contribution in [3.05, 3.63) is 21.3 Å². The monoisotopic (exact) mass is 275 g/mol. The Morgan fingerprint density at radius 1 is 1.29 bits per heavy atom. The Morgan fingerprint density at radius 2 is 2.06 bits per heavy atom. The Hall–Kier alpha value is -0.0900. The van der Waals surface area contributed by atoms with Gasteiger partial charge in [-0.05, 0) is 24.0 Å². The minimum atomic E-state index is 0.362. The van der Waals surface area contributed by atoms with Gasteiger partial charge >= 0.3 is 0 Å². The van der Waals surface area contributed by atoms with E-state index < -0.39 is 0 Å². The van der Waals surface area contributed by atoms with E-state index in [4.69, 9.17) is 16.3 Å². The van der Waals surface area contributed by atoms with Crippen molar-refractivity contribution in [1.29, 1.82) is 0 Å². The first-order chi connectivity index (χ1) is 7.97. The molecule has 0 aliphatic heterocycles. The second-order valence-electron chi connectivity index (χ2n) is 5.31. The van der Waals surface area contributed by atoms with Gasteiger partial charge in [0.15, 0.2) is 0 Å². The predicted octanol–water partition coefficient (Wildman–Crippen LogP) is 3.94. The predicted molar refractivity (Wildman–Crippen MR) is 75.9 cm³/mol. The maximum Gasteiger partial charge on any atom is 0.0931 e. The average Bonchev–Trinajstić information content (AvgIpc) is 2.61. The van der Waals surface area contributed by atoms with Crippen LogP contribution in [0.1, 0.15) is 32.1 Å². The van der Waals surface area contributed by atoms with E-state index in [1.54, 1.807) is 11.3 Å². The summed E-state index contributed by atoms with van der Waals surface area (Å²) < 4.78 is 6.42. The molecule has 0 spiro atoms. The summed E-state index contributed by atoms with van der Waals surface area (Å²) in [6.45, 7) is 10.1. The maximum atomic E-state index is 5.85. The van der Waals surface area contributed by atoms with Gasteiger partial charge in [-0.15, -0.1) is 11.3 Å². The lowest BCUT2D eigenvalue weighted by atomic mass is 9.93. The smallest absolute Gasteiger partial charge is 0.0931 e. The van der Waals surface area contributed by atoms with E-state index in [-0.39, 0.29) is 0 Å². The summed E-state index contributed by atoms with van der Waals surface area (Å²) in [6.07, 6.45) is 1.10. The molecule has 0 bridgehead atoms. The van der Waals surface area contributed by atoms with Gasteiger partial charge < -0.3 is 10.1 Å². The van der Waals surface area contributed by atoms with Crippen molar-refractivity contribution < 1.29 is 4.74 Å². The topological polar surface area (TPSA) is 21.3 Å². The van der Waals surface area contributed by atoms with Gasteiger partial charge in [0.1, 0.15) is 0 Å². The molecule has 0 aliphatic rings. The second kappa shape index (κ2) is 7.37. The van der Waals surface area contributed by atoms with Crippen LogP contribution in [0.2, 0.25) is 4.34 Å². The van der Waals surface area contributed by atoms with E-state index in [1.165, 1.54) is 4.88 Å². The summed E-state index contributed by atoms with van der Waals surface area (Å²) in [5.74, 6) is 0. The zero-order chi connectivity index (χ0) is 12.7. The molecule has 4 heteroatoms. The molecule has 98 valence electrons. The van der Waals surface area contributed by atoms with Gasteiger partial charge in [0.2, 0.25) is 0 Å². The molecule has 0 amide bonds. The molecule has 17 heavy (non-hydrogen) atoms. The fourth-order valence-electron chi connectivity index (χ4n) is 1.28. The van der Waals surface area contributed by atoms with E-state index in [1.807, 2.05) is 6.07 Å². The lowest BCUT2D eigenvalue weighted by molar-refractivity contribution is 0.110. The summed E-state index contributed by atoms with van der Waals surface area (Å²) in [5, 5.41) is 3.34. The summed E-state index contributed by atoms with van der Waals surface area (Å²) in [4.78, 5) is 1.27. The number of nitrogens with one attached hydrogen (secondary N) is 1. The first-order valence-electron chi connectivity index (χ1n) is 6.00. The number of thiophene rings is 1. The molecule has 1 aromatic heterocycles. The van der Waals surface area contributed by atoms with Crippen LogP contribution < -0.4 is 5.32 Å². The van der Waals surface area contributed by atoms with Crippen molar-refractivity contribution in [3.8, 4) is 0 Å². The third kappa shape index (κ3) is 7.77. The van der Waals surface area contributed by atoms with Crippen LogP contribution in [-0.4, -0.2) is 19.8 Å². The highest BCUT2D eigenvalue weighted by Crippen LogP contribution is 2.21. The lowest BCUT2D eigenvalue weighted by Gasteiger charge is -2.17. The molecular formula is C13H22ClNOS. The Bertz CT molecular complexity index is 319. The second-order valence-corrected chi connectivity index (χ2v) is 7.11. The van der Waals surface area contributed by atoms with E-state index in [2.05, 4.69) is 32.2 Å². The van der Waals surface area contributed by atoms with Crippen molar-refractivity contribution in [1.82, 2.24) is 5.32 Å². The zero-order valence-electron chi connectivity index (χ0n) is 10.9. The van der Waals surface area contributed by atoms with Crippen LogP contribution in [0.15, 0.2) is 12.1 Å². The summed E-state index contributed by atoms with van der Waals surface area (Å²) in [7, 11) is 0. The first kappa shape index (κ1) is 15.0. The largest absolute Gasteiger partial charge is 0.380 e. The molecule has 0 aliphatic carbocycles. The van der Waals surface area contributed by atoms with Crippen LogP contribution in [0, 0.1) is 5.41 Å². The van der Waals surface area contributed by atoms with E-state index in [9.17, 15) is 0 Å². The van der Waals surface area contributed by atoms with Gasteiger partial charge in [-0.1, -0.05) is 32.4 Å². The van der Waals surface area contributed by atoms with Crippen LogP contribution in [0.25, 0.3) is 0 Å². The maximum absolute atomic E-state index is 5.85. The van der Waals surface area contributed by atoms with Crippen LogP contribution in [0.5, 0.6) is 0 Å². The van der Waals surface area contributed by atoms with Crippen molar-refractivity contribution in [2.75, 3.05) is 19.8 Å². The Balaban J connectivity index is 1.95. The van der Waals surface area contributed by atoms with Crippen LogP contribution in [-0.2, 0) is 11.3 Å². The van der Waals surface area contributed by atoms with Gasteiger partial charge in [-0.2, -0.15) is 0 Å². The summed E-state index contributed by atoms with van der Waals surface area (Å²) >= 11 is 7.47. The normalized spacial score (nSPS) is 12.0. The number of ether oxygens (including phenoxy) is 1. The molecule has 0 saturated heterocycles. The molecule has 2 nitrogen and oxygen atoms in total. The number of hydrogen-bond donors (Lipinski definition) is 1. The van der Waals surface area contributed by atoms with Gasteiger partial charge in [0.25, 0.3) is 0 Å². The average molecular weight is 276 g/mol. The summed E-state index contributed by atoms with van der Waals surface area (Å²) in [5.41, 5.74) is 0.362. The van der Waals surface area contributed by atoms with Gasteiger partial charge in [-0.25, -0.2) is 0 Å².